The van der Waals surface area contributed by atoms with Crippen LogP contribution in [0.1, 0.15) is 33.7 Å². The molecular weight excluding hydrogens is 306 g/mol. The summed E-state index contributed by atoms with van der Waals surface area (Å²) in [6, 6.07) is 9.49. The number of aryl methyl sites for hydroxylation is 2. The first-order valence-electron chi connectivity index (χ1n) is 8.06. The zero-order chi connectivity index (χ0) is 17.3. The Morgan fingerprint density at radius 3 is 2.50 bits per heavy atom. The smallest absolute Gasteiger partial charge is 0.308 e. The zero-order valence-electron chi connectivity index (χ0n) is 13.9. The number of rotatable bonds is 4. The normalized spacial score (nSPS) is 17.2. The highest BCUT2D eigenvalue weighted by Crippen LogP contribution is 2.19. The van der Waals surface area contributed by atoms with Crippen molar-refractivity contribution in [2.24, 2.45) is 5.92 Å². The molecule has 1 amide bonds. The zero-order valence-corrected chi connectivity index (χ0v) is 13.9. The summed E-state index contributed by atoms with van der Waals surface area (Å²) in [6.07, 6.45) is 0.525. The molecule has 3 rings (SSSR count). The number of benzene rings is 1. The summed E-state index contributed by atoms with van der Waals surface area (Å²) in [7, 11) is 0. The molecule has 0 aliphatic carbocycles. The molecule has 0 spiro atoms. The predicted molar refractivity (Wildman–Crippen MR) is 88.9 cm³/mol. The number of hydrogen-bond donors (Lipinski definition) is 1. The van der Waals surface area contributed by atoms with Gasteiger partial charge < -0.3 is 10.0 Å². The molecule has 24 heavy (non-hydrogen) atoms. The number of aromatic nitrogens is 2. The second-order valence-electron chi connectivity index (χ2n) is 6.36. The highest BCUT2D eigenvalue weighted by Gasteiger charge is 2.31. The van der Waals surface area contributed by atoms with Gasteiger partial charge in [0.1, 0.15) is 0 Å². The largest absolute Gasteiger partial charge is 0.481 e. The molecule has 1 N–H and O–H groups in total. The summed E-state index contributed by atoms with van der Waals surface area (Å²) < 4.78 is 1.93. The molecule has 6 nitrogen and oxygen atoms in total. The van der Waals surface area contributed by atoms with Gasteiger partial charge in [-0.05, 0) is 44.0 Å². The van der Waals surface area contributed by atoms with E-state index in [9.17, 15) is 9.59 Å². The number of carbonyl (C=O) groups is 2. The van der Waals surface area contributed by atoms with Crippen LogP contribution in [0.5, 0.6) is 0 Å². The molecule has 0 saturated carbocycles. The van der Waals surface area contributed by atoms with Crippen molar-refractivity contribution in [2.75, 3.05) is 13.1 Å². The molecule has 1 aromatic heterocycles. The van der Waals surface area contributed by atoms with E-state index in [2.05, 4.69) is 5.10 Å². The van der Waals surface area contributed by atoms with Gasteiger partial charge in [-0.25, -0.2) is 0 Å². The average molecular weight is 327 g/mol. The van der Waals surface area contributed by atoms with Gasteiger partial charge in [0, 0.05) is 24.3 Å². The number of amides is 1. The van der Waals surface area contributed by atoms with E-state index in [1.807, 2.05) is 36.7 Å². The molecule has 2 heterocycles. The van der Waals surface area contributed by atoms with E-state index in [1.54, 1.807) is 17.0 Å². The number of carboxylic acids is 1. The summed E-state index contributed by atoms with van der Waals surface area (Å²) in [5, 5.41) is 13.5. The minimum absolute atomic E-state index is 0.101. The maximum absolute atomic E-state index is 12.5. The Labute approximate surface area is 140 Å². The summed E-state index contributed by atoms with van der Waals surface area (Å²) in [6.45, 7) is 5.44. The minimum Gasteiger partial charge on any atom is -0.481 e. The molecule has 6 heteroatoms. The fourth-order valence-corrected chi connectivity index (χ4v) is 3.09. The highest BCUT2D eigenvalue weighted by molar-refractivity contribution is 5.94. The topological polar surface area (TPSA) is 75.4 Å². The van der Waals surface area contributed by atoms with Gasteiger partial charge in [-0.3, -0.25) is 14.3 Å². The Balaban J connectivity index is 1.67. The lowest BCUT2D eigenvalue weighted by atomic mass is 10.1. The van der Waals surface area contributed by atoms with Crippen molar-refractivity contribution in [3.63, 3.8) is 0 Å². The number of nitrogens with zero attached hydrogens (tertiary/aromatic N) is 3. The van der Waals surface area contributed by atoms with Crippen molar-refractivity contribution < 1.29 is 14.7 Å². The Hall–Kier alpha value is -2.63. The van der Waals surface area contributed by atoms with Crippen LogP contribution in [0.3, 0.4) is 0 Å². The van der Waals surface area contributed by atoms with Crippen molar-refractivity contribution in [1.29, 1.82) is 0 Å². The van der Waals surface area contributed by atoms with Crippen molar-refractivity contribution in [2.45, 2.75) is 26.8 Å². The van der Waals surface area contributed by atoms with Gasteiger partial charge in [0.25, 0.3) is 5.91 Å². The SMILES string of the molecule is Cc1cc(C)n(Cc2ccc(C(=O)N3CCC(C(=O)O)C3)cc2)n1. The predicted octanol–water partition coefficient (Wildman–Crippen LogP) is 2.09. The number of carbonyl (C=O) groups excluding carboxylic acids is 1. The average Bonchev–Trinajstić information content (AvgIpc) is 3.15. The molecule has 2 aromatic rings. The second-order valence-corrected chi connectivity index (χ2v) is 6.36. The van der Waals surface area contributed by atoms with Crippen LogP contribution in [-0.4, -0.2) is 44.8 Å². The molecule has 1 atom stereocenters. The van der Waals surface area contributed by atoms with Crippen LogP contribution >= 0.6 is 0 Å². The van der Waals surface area contributed by atoms with Gasteiger partial charge in [-0.2, -0.15) is 5.10 Å². The van der Waals surface area contributed by atoms with E-state index in [0.717, 1.165) is 17.0 Å². The quantitative estimate of drug-likeness (QED) is 0.933. The van der Waals surface area contributed by atoms with E-state index < -0.39 is 11.9 Å². The van der Waals surface area contributed by atoms with Gasteiger partial charge in [0.2, 0.25) is 0 Å². The van der Waals surface area contributed by atoms with Crippen LogP contribution in [0.4, 0.5) is 0 Å². The van der Waals surface area contributed by atoms with Crippen molar-refractivity contribution in [1.82, 2.24) is 14.7 Å². The highest BCUT2D eigenvalue weighted by atomic mass is 16.4. The van der Waals surface area contributed by atoms with Crippen molar-refractivity contribution in [3.05, 3.63) is 52.8 Å². The molecular formula is C18H21N3O3. The van der Waals surface area contributed by atoms with Crippen LogP contribution in [0, 0.1) is 19.8 Å². The van der Waals surface area contributed by atoms with Gasteiger partial charge in [0.15, 0.2) is 0 Å². The Morgan fingerprint density at radius 2 is 1.96 bits per heavy atom. The third kappa shape index (κ3) is 3.32. The van der Waals surface area contributed by atoms with Crippen LogP contribution in [-0.2, 0) is 11.3 Å². The lowest BCUT2D eigenvalue weighted by molar-refractivity contribution is -0.141. The van der Waals surface area contributed by atoms with Crippen LogP contribution in [0.2, 0.25) is 0 Å². The van der Waals surface area contributed by atoms with E-state index in [1.165, 1.54) is 0 Å². The molecule has 1 aliphatic heterocycles. The minimum atomic E-state index is -0.828. The fourth-order valence-electron chi connectivity index (χ4n) is 3.09. The molecule has 126 valence electrons. The lowest BCUT2D eigenvalue weighted by Crippen LogP contribution is -2.29. The monoisotopic (exact) mass is 327 g/mol. The van der Waals surface area contributed by atoms with Gasteiger partial charge in [-0.1, -0.05) is 12.1 Å². The lowest BCUT2D eigenvalue weighted by Gasteiger charge is -2.16. The van der Waals surface area contributed by atoms with E-state index >= 15 is 0 Å². The number of aliphatic carboxylic acids is 1. The maximum atomic E-state index is 12.5. The first-order valence-corrected chi connectivity index (χ1v) is 8.06. The van der Waals surface area contributed by atoms with Crippen LogP contribution in [0.15, 0.2) is 30.3 Å². The summed E-state index contributed by atoms with van der Waals surface area (Å²) in [5.74, 6) is -1.37. The van der Waals surface area contributed by atoms with Crippen LogP contribution in [0.25, 0.3) is 0 Å². The molecule has 1 aliphatic rings. The third-order valence-corrected chi connectivity index (χ3v) is 4.46. The standard InChI is InChI=1S/C18H21N3O3/c1-12-9-13(2)21(19-12)10-14-3-5-15(6-4-14)17(22)20-8-7-16(11-20)18(23)24/h3-6,9,16H,7-8,10-11H2,1-2H3,(H,23,24). The van der Waals surface area contributed by atoms with Gasteiger partial charge in [0.05, 0.1) is 18.2 Å². The second kappa shape index (κ2) is 6.47. The van der Waals surface area contributed by atoms with Gasteiger partial charge >= 0.3 is 5.97 Å². The first-order chi connectivity index (χ1) is 11.4. The maximum Gasteiger partial charge on any atom is 0.308 e. The van der Waals surface area contributed by atoms with Gasteiger partial charge in [-0.15, -0.1) is 0 Å². The van der Waals surface area contributed by atoms with Crippen LogP contribution < -0.4 is 0 Å². The Bertz CT molecular complexity index is 764. The molecule has 1 unspecified atom stereocenters. The number of carboxylic acid groups (broad SMARTS) is 1. The summed E-state index contributed by atoms with van der Waals surface area (Å²) >= 11 is 0. The molecule has 0 radical (unpaired) electrons. The van der Waals surface area contributed by atoms with Crippen molar-refractivity contribution in [3.8, 4) is 0 Å². The number of likely N-dealkylation sites (tertiary alicyclic amines) is 1. The first kappa shape index (κ1) is 16.2. The van der Waals surface area contributed by atoms with E-state index in [-0.39, 0.29) is 5.91 Å². The molecule has 0 bridgehead atoms. The molecule has 1 saturated heterocycles. The molecule has 1 fully saturated rings. The summed E-state index contributed by atoms with van der Waals surface area (Å²) in [5.41, 5.74) is 3.76. The number of hydrogen-bond acceptors (Lipinski definition) is 3. The van der Waals surface area contributed by atoms with E-state index in [0.29, 0.717) is 31.6 Å². The molecule has 1 aromatic carbocycles. The van der Waals surface area contributed by atoms with Crippen molar-refractivity contribution >= 4 is 11.9 Å². The van der Waals surface area contributed by atoms with E-state index in [4.69, 9.17) is 5.11 Å². The summed E-state index contributed by atoms with van der Waals surface area (Å²) in [4.78, 5) is 25.1. The Morgan fingerprint density at radius 1 is 1.25 bits per heavy atom. The Kier molecular flexibility index (Phi) is 4.38. The fraction of sp³-hybridized carbons (Fsp3) is 0.389. The third-order valence-electron chi connectivity index (χ3n) is 4.46.